The lowest BCUT2D eigenvalue weighted by molar-refractivity contribution is -0.146. The quantitative estimate of drug-likeness (QED) is 0.237. The fourth-order valence-electron chi connectivity index (χ4n) is 3.27. The highest BCUT2D eigenvalue weighted by Crippen LogP contribution is 2.38. The Hall–Kier alpha value is -1.66. The average molecular weight is 518 g/mol. The van der Waals surface area contributed by atoms with Gasteiger partial charge in [-0.3, -0.25) is 4.79 Å². The van der Waals surface area contributed by atoms with Crippen LogP contribution in [0.1, 0.15) is 38.8 Å². The maximum atomic E-state index is 11.1. The number of hydrogen-bond acceptors (Lipinski definition) is 5. The molecule has 0 fully saturated rings. The van der Waals surface area contributed by atoms with E-state index in [-0.39, 0.29) is 23.8 Å². The van der Waals surface area contributed by atoms with E-state index in [9.17, 15) is 4.79 Å². The smallest absolute Gasteiger partial charge is 0.303 e. The van der Waals surface area contributed by atoms with Gasteiger partial charge >= 0.3 is 5.97 Å². The lowest BCUT2D eigenvalue weighted by Crippen LogP contribution is -2.25. The molecule has 2 atom stereocenters. The Labute approximate surface area is 211 Å². The van der Waals surface area contributed by atoms with E-state index in [0.717, 1.165) is 11.1 Å². The summed E-state index contributed by atoms with van der Waals surface area (Å²) in [7, 11) is 1.67. The second-order valence-electron chi connectivity index (χ2n) is 8.48. The van der Waals surface area contributed by atoms with Gasteiger partial charge in [0.1, 0.15) is 24.2 Å². The molecule has 2 aromatic rings. The molecule has 0 heterocycles. The van der Waals surface area contributed by atoms with Crippen molar-refractivity contribution in [3.05, 3.63) is 57.6 Å². The second-order valence-corrected chi connectivity index (χ2v) is 9.61. The Morgan fingerprint density at radius 1 is 0.939 bits per heavy atom. The van der Waals surface area contributed by atoms with Crippen molar-refractivity contribution in [2.45, 2.75) is 39.2 Å². The highest BCUT2D eigenvalue weighted by atomic mass is 35.5. The molecule has 33 heavy (non-hydrogen) atoms. The van der Waals surface area contributed by atoms with Crippen molar-refractivity contribution in [3.63, 3.8) is 0 Å². The molecule has 0 aliphatic carbocycles. The third-order valence-corrected chi connectivity index (χ3v) is 6.15. The second kappa shape index (κ2) is 12.7. The third kappa shape index (κ3) is 7.96. The van der Waals surface area contributed by atoms with Gasteiger partial charge in [-0.05, 0) is 35.4 Å². The van der Waals surface area contributed by atoms with Crippen LogP contribution in [0.5, 0.6) is 11.5 Å². The number of rotatable bonds is 12. The first-order valence-corrected chi connectivity index (χ1v) is 11.9. The number of ether oxygens (including phenoxy) is 4. The summed E-state index contributed by atoms with van der Waals surface area (Å²) in [4.78, 5) is 11.1. The highest BCUT2D eigenvalue weighted by Gasteiger charge is 2.25. The van der Waals surface area contributed by atoms with Gasteiger partial charge in [-0.15, -0.1) is 11.6 Å². The molecule has 2 rings (SSSR count). The summed E-state index contributed by atoms with van der Waals surface area (Å²) < 4.78 is 21.8. The van der Waals surface area contributed by atoms with E-state index in [1.54, 1.807) is 13.2 Å². The van der Waals surface area contributed by atoms with Crippen molar-refractivity contribution < 1.29 is 23.7 Å². The predicted octanol–water partition coefficient (Wildman–Crippen LogP) is 6.53. The number of esters is 1. The summed E-state index contributed by atoms with van der Waals surface area (Å²) in [5.74, 6) is 1.12. The molecule has 5 nitrogen and oxygen atoms in total. The van der Waals surface area contributed by atoms with Crippen LogP contribution in [0.3, 0.4) is 0 Å². The summed E-state index contributed by atoms with van der Waals surface area (Å²) in [6.45, 7) is 8.83. The van der Waals surface area contributed by atoms with Crippen LogP contribution in [0, 0.1) is 5.92 Å². The van der Waals surface area contributed by atoms with Crippen LogP contribution < -0.4 is 9.47 Å². The summed E-state index contributed by atoms with van der Waals surface area (Å²) in [5, 5.41) is 1.00. The molecular formula is C25H31Cl3O5. The maximum Gasteiger partial charge on any atom is 0.303 e. The first-order chi connectivity index (χ1) is 15.6. The van der Waals surface area contributed by atoms with Crippen LogP contribution in [0.25, 0.3) is 0 Å². The van der Waals surface area contributed by atoms with Crippen molar-refractivity contribution in [3.8, 4) is 11.5 Å². The zero-order chi connectivity index (χ0) is 24.6. The fourth-order valence-corrected chi connectivity index (χ4v) is 3.89. The minimum atomic E-state index is -0.545. The van der Waals surface area contributed by atoms with Gasteiger partial charge in [0.05, 0.1) is 29.1 Å². The van der Waals surface area contributed by atoms with Crippen molar-refractivity contribution >= 4 is 40.8 Å². The Bertz CT molecular complexity index is 932. The molecule has 0 N–H and O–H groups in total. The van der Waals surface area contributed by atoms with Crippen LogP contribution in [0.15, 0.2) is 36.4 Å². The molecule has 0 aliphatic rings. The van der Waals surface area contributed by atoms with Gasteiger partial charge in [0.15, 0.2) is 0 Å². The lowest BCUT2D eigenvalue weighted by atomic mass is 9.78. The van der Waals surface area contributed by atoms with Crippen LogP contribution in [0.4, 0.5) is 0 Å². The molecule has 182 valence electrons. The normalized spacial score (nSPS) is 13.3. The van der Waals surface area contributed by atoms with Gasteiger partial charge in [-0.1, -0.05) is 56.1 Å². The van der Waals surface area contributed by atoms with Crippen molar-refractivity contribution in [2.75, 3.05) is 32.8 Å². The minimum Gasteiger partial charge on any atom is -0.492 e. The topological polar surface area (TPSA) is 54.0 Å². The van der Waals surface area contributed by atoms with Gasteiger partial charge in [0.25, 0.3) is 0 Å². The number of carbonyl (C=O) groups is 1. The number of alkyl halides is 1. The fraction of sp³-hybridized carbons (Fsp3) is 0.480. The molecule has 0 saturated heterocycles. The molecule has 0 spiro atoms. The van der Waals surface area contributed by atoms with Crippen molar-refractivity contribution in [1.29, 1.82) is 0 Å². The Morgan fingerprint density at radius 2 is 1.45 bits per heavy atom. The molecule has 0 aliphatic heterocycles. The number of halogens is 3. The predicted molar refractivity (Wildman–Crippen MR) is 133 cm³/mol. The molecule has 0 unspecified atom stereocenters. The first kappa shape index (κ1) is 27.6. The van der Waals surface area contributed by atoms with Gasteiger partial charge in [-0.25, -0.2) is 0 Å². The number of benzene rings is 2. The molecule has 0 aromatic heterocycles. The monoisotopic (exact) mass is 516 g/mol. The first-order valence-electron chi connectivity index (χ1n) is 10.7. The van der Waals surface area contributed by atoms with Gasteiger partial charge in [-0.2, -0.15) is 0 Å². The SMILES string of the molecule is COC[C@H](C)COc1ccc(C(C)(C)c2ccc(OC[C@@H](CCl)OC(C)=O)c(Cl)c2)cc1Cl. The van der Waals surface area contributed by atoms with E-state index in [4.69, 9.17) is 53.8 Å². The molecular weight excluding hydrogens is 487 g/mol. The number of carbonyl (C=O) groups excluding carboxylic acids is 1. The highest BCUT2D eigenvalue weighted by molar-refractivity contribution is 6.32. The van der Waals surface area contributed by atoms with Crippen LogP contribution in [0.2, 0.25) is 10.0 Å². The van der Waals surface area contributed by atoms with Crippen LogP contribution in [-0.2, 0) is 19.7 Å². The maximum absolute atomic E-state index is 11.1. The Kier molecular flexibility index (Phi) is 10.6. The molecule has 0 saturated carbocycles. The van der Waals surface area contributed by atoms with E-state index >= 15 is 0 Å². The van der Waals surface area contributed by atoms with Crippen LogP contribution >= 0.6 is 34.8 Å². The summed E-state index contributed by atoms with van der Waals surface area (Å²) >= 11 is 18.8. The molecule has 8 heteroatoms. The third-order valence-electron chi connectivity index (χ3n) is 5.21. The number of methoxy groups -OCH3 is 1. The largest absolute Gasteiger partial charge is 0.492 e. The van der Waals surface area contributed by atoms with Crippen molar-refractivity contribution in [2.24, 2.45) is 5.92 Å². The average Bonchev–Trinajstić information content (AvgIpc) is 2.76. The van der Waals surface area contributed by atoms with E-state index in [0.29, 0.717) is 34.8 Å². The lowest BCUT2D eigenvalue weighted by Gasteiger charge is -2.27. The Morgan fingerprint density at radius 3 is 1.88 bits per heavy atom. The van der Waals surface area contributed by atoms with E-state index in [1.807, 2.05) is 30.3 Å². The van der Waals surface area contributed by atoms with Gasteiger partial charge in [0.2, 0.25) is 0 Å². The molecule has 0 bridgehead atoms. The zero-order valence-corrected chi connectivity index (χ0v) is 21.9. The summed E-state index contributed by atoms with van der Waals surface area (Å²) in [6.07, 6.45) is -0.545. The standard InChI is InChI=1S/C25H31Cl3O5/c1-16(13-30-5)14-31-23-8-6-18(10-21(23)27)25(3,4)19-7-9-24(22(28)11-19)32-15-20(12-26)33-17(2)29/h6-11,16,20H,12-15H2,1-5H3/t16-,20+/m0/s1. The van der Waals surface area contributed by atoms with E-state index in [2.05, 4.69) is 20.8 Å². The van der Waals surface area contributed by atoms with E-state index < -0.39 is 12.1 Å². The van der Waals surface area contributed by atoms with Gasteiger partial charge in [0, 0.05) is 25.4 Å². The summed E-state index contributed by atoms with van der Waals surface area (Å²) in [6, 6.07) is 11.4. The molecule has 2 aromatic carbocycles. The molecule has 0 amide bonds. The Balaban J connectivity index is 2.13. The van der Waals surface area contributed by atoms with E-state index in [1.165, 1.54) is 6.92 Å². The van der Waals surface area contributed by atoms with Crippen LogP contribution in [-0.4, -0.2) is 44.9 Å². The number of hydrogen-bond donors (Lipinski definition) is 0. The minimum absolute atomic E-state index is 0.117. The molecule has 0 radical (unpaired) electrons. The summed E-state index contributed by atoms with van der Waals surface area (Å²) in [5.41, 5.74) is 1.64. The van der Waals surface area contributed by atoms with Gasteiger partial charge < -0.3 is 18.9 Å². The zero-order valence-electron chi connectivity index (χ0n) is 19.6. The van der Waals surface area contributed by atoms with Crippen molar-refractivity contribution in [1.82, 2.24) is 0 Å².